The van der Waals surface area contributed by atoms with E-state index < -0.39 is 36.0 Å². The van der Waals surface area contributed by atoms with Gasteiger partial charge in [-0.1, -0.05) is 0 Å². The molecule has 1 saturated heterocycles. The molecule has 6 nitrogen and oxygen atoms in total. The van der Waals surface area contributed by atoms with Gasteiger partial charge in [-0.3, -0.25) is 4.79 Å². The lowest BCUT2D eigenvalue weighted by Gasteiger charge is -2.30. The second-order valence-electron chi connectivity index (χ2n) is 4.70. The van der Waals surface area contributed by atoms with E-state index in [4.69, 9.17) is 18.9 Å². The maximum absolute atomic E-state index is 11.3. The first kappa shape index (κ1) is 13.0. The van der Waals surface area contributed by atoms with E-state index >= 15 is 0 Å². The predicted octanol–water partition coefficient (Wildman–Crippen LogP) is 0.551. The Morgan fingerprint density at radius 3 is 2.78 bits per heavy atom. The highest BCUT2D eigenvalue weighted by molar-refractivity contribution is 5.83. The third kappa shape index (κ3) is 2.88. The molecule has 2 aliphatic rings. The summed E-state index contributed by atoms with van der Waals surface area (Å²) >= 11 is 0. The molecule has 0 saturated carbocycles. The van der Waals surface area contributed by atoms with Crippen molar-refractivity contribution in [1.82, 2.24) is 0 Å². The minimum absolute atomic E-state index is 0.288. The largest absolute Gasteiger partial charge is 0.454 e. The highest BCUT2D eigenvalue weighted by Gasteiger charge is 2.44. The fourth-order valence-corrected chi connectivity index (χ4v) is 1.99. The van der Waals surface area contributed by atoms with Crippen LogP contribution in [-0.2, 0) is 28.5 Å². The van der Waals surface area contributed by atoms with Crippen molar-refractivity contribution in [2.24, 2.45) is 0 Å². The summed E-state index contributed by atoms with van der Waals surface area (Å²) < 4.78 is 21.3. The van der Waals surface area contributed by atoms with Crippen LogP contribution in [0.5, 0.6) is 0 Å². The van der Waals surface area contributed by atoms with Crippen molar-refractivity contribution in [2.75, 3.05) is 6.61 Å². The molecule has 0 spiro atoms. The SMILES string of the molecule is CC(=O)O[C@@H]1C=CC(=O)O[C@H]1[C@H]1COC(C)(C)O1. The summed E-state index contributed by atoms with van der Waals surface area (Å²) in [6, 6.07) is 0. The van der Waals surface area contributed by atoms with E-state index in [1.807, 2.05) is 0 Å². The van der Waals surface area contributed by atoms with Crippen LogP contribution in [0, 0.1) is 0 Å². The summed E-state index contributed by atoms with van der Waals surface area (Å²) in [5, 5.41) is 0. The number of ether oxygens (including phenoxy) is 4. The second kappa shape index (κ2) is 4.70. The third-order valence-corrected chi connectivity index (χ3v) is 2.70. The quantitative estimate of drug-likeness (QED) is 0.672. The van der Waals surface area contributed by atoms with Gasteiger partial charge in [0.05, 0.1) is 6.61 Å². The van der Waals surface area contributed by atoms with Crippen LogP contribution in [0.4, 0.5) is 0 Å². The molecule has 0 aromatic rings. The monoisotopic (exact) mass is 256 g/mol. The highest BCUT2D eigenvalue weighted by atomic mass is 16.8. The lowest BCUT2D eigenvalue weighted by Crippen LogP contribution is -2.46. The Bertz CT molecular complexity index is 386. The number of rotatable bonds is 2. The Labute approximate surface area is 105 Å². The molecule has 18 heavy (non-hydrogen) atoms. The number of carbonyl (C=O) groups is 2. The zero-order valence-corrected chi connectivity index (χ0v) is 10.5. The predicted molar refractivity (Wildman–Crippen MR) is 59.5 cm³/mol. The van der Waals surface area contributed by atoms with Gasteiger partial charge in [0.1, 0.15) is 6.10 Å². The minimum Gasteiger partial charge on any atom is -0.454 e. The molecule has 0 unspecified atom stereocenters. The Morgan fingerprint density at radius 1 is 1.50 bits per heavy atom. The number of esters is 2. The highest BCUT2D eigenvalue weighted by Crippen LogP contribution is 2.29. The molecule has 2 aliphatic heterocycles. The summed E-state index contributed by atoms with van der Waals surface area (Å²) in [5.41, 5.74) is 0. The van der Waals surface area contributed by atoms with Crippen molar-refractivity contribution in [3.8, 4) is 0 Å². The smallest absolute Gasteiger partial charge is 0.331 e. The molecule has 0 aromatic carbocycles. The molecule has 1 fully saturated rings. The van der Waals surface area contributed by atoms with Gasteiger partial charge < -0.3 is 18.9 Å². The van der Waals surface area contributed by atoms with Crippen molar-refractivity contribution in [1.29, 1.82) is 0 Å². The fourth-order valence-electron chi connectivity index (χ4n) is 1.99. The molecule has 3 atom stereocenters. The topological polar surface area (TPSA) is 71.1 Å². The molecule has 0 aliphatic carbocycles. The van der Waals surface area contributed by atoms with Crippen LogP contribution in [0.25, 0.3) is 0 Å². The van der Waals surface area contributed by atoms with Gasteiger partial charge in [0.25, 0.3) is 0 Å². The lowest BCUT2D eigenvalue weighted by atomic mass is 10.1. The maximum atomic E-state index is 11.3. The Kier molecular flexibility index (Phi) is 3.41. The first-order valence-electron chi connectivity index (χ1n) is 5.75. The van der Waals surface area contributed by atoms with Crippen LogP contribution in [0.1, 0.15) is 20.8 Å². The molecule has 0 bridgehead atoms. The molecular formula is C12H16O6. The molecule has 0 amide bonds. The molecule has 2 rings (SSSR count). The molecule has 100 valence electrons. The van der Waals surface area contributed by atoms with Crippen LogP contribution in [0.2, 0.25) is 0 Å². The zero-order valence-electron chi connectivity index (χ0n) is 10.5. The van der Waals surface area contributed by atoms with E-state index in [0.717, 1.165) is 0 Å². The second-order valence-corrected chi connectivity index (χ2v) is 4.70. The Morgan fingerprint density at radius 2 is 2.22 bits per heavy atom. The summed E-state index contributed by atoms with van der Waals surface area (Å²) in [4.78, 5) is 22.3. The lowest BCUT2D eigenvalue weighted by molar-refractivity contribution is -0.184. The minimum atomic E-state index is -0.723. The van der Waals surface area contributed by atoms with E-state index in [-0.39, 0.29) is 6.61 Å². The summed E-state index contributed by atoms with van der Waals surface area (Å²) in [6.07, 6.45) is 0.992. The van der Waals surface area contributed by atoms with Crippen LogP contribution in [0.3, 0.4) is 0 Å². The molecular weight excluding hydrogens is 240 g/mol. The normalized spacial score (nSPS) is 34.2. The molecule has 0 N–H and O–H groups in total. The van der Waals surface area contributed by atoms with Gasteiger partial charge >= 0.3 is 11.9 Å². The van der Waals surface area contributed by atoms with Gasteiger partial charge in [-0.2, -0.15) is 0 Å². The van der Waals surface area contributed by atoms with Crippen molar-refractivity contribution in [3.63, 3.8) is 0 Å². The van der Waals surface area contributed by atoms with Crippen LogP contribution in [-0.4, -0.2) is 42.6 Å². The summed E-state index contributed by atoms with van der Waals surface area (Å²) in [7, 11) is 0. The Balaban J connectivity index is 2.11. The summed E-state index contributed by atoms with van der Waals surface area (Å²) in [6.45, 7) is 5.14. The molecule has 2 heterocycles. The molecule has 0 aromatic heterocycles. The number of carbonyl (C=O) groups excluding carboxylic acids is 2. The van der Waals surface area contributed by atoms with Crippen molar-refractivity contribution < 1.29 is 28.5 Å². The van der Waals surface area contributed by atoms with Crippen molar-refractivity contribution in [3.05, 3.63) is 12.2 Å². The first-order valence-corrected chi connectivity index (χ1v) is 5.75. The maximum Gasteiger partial charge on any atom is 0.331 e. The van der Waals surface area contributed by atoms with Crippen molar-refractivity contribution >= 4 is 11.9 Å². The summed E-state index contributed by atoms with van der Waals surface area (Å²) in [5.74, 6) is -1.64. The van der Waals surface area contributed by atoms with Crippen LogP contribution < -0.4 is 0 Å². The number of cyclic esters (lactones) is 1. The Hall–Kier alpha value is -1.40. The first-order chi connectivity index (χ1) is 8.37. The van der Waals surface area contributed by atoms with Crippen molar-refractivity contribution in [2.45, 2.75) is 44.9 Å². The average molecular weight is 256 g/mol. The van der Waals surface area contributed by atoms with E-state index in [2.05, 4.69) is 0 Å². The number of hydrogen-bond donors (Lipinski definition) is 0. The van der Waals surface area contributed by atoms with E-state index in [1.165, 1.54) is 19.1 Å². The van der Waals surface area contributed by atoms with Crippen LogP contribution in [0.15, 0.2) is 12.2 Å². The number of hydrogen-bond acceptors (Lipinski definition) is 6. The van der Waals surface area contributed by atoms with E-state index in [1.54, 1.807) is 13.8 Å². The van der Waals surface area contributed by atoms with Gasteiger partial charge in [0.2, 0.25) is 0 Å². The average Bonchev–Trinajstić information content (AvgIpc) is 2.61. The van der Waals surface area contributed by atoms with Gasteiger partial charge in [-0.25, -0.2) is 4.79 Å². The molecule has 0 radical (unpaired) electrons. The van der Waals surface area contributed by atoms with Crippen LogP contribution >= 0.6 is 0 Å². The van der Waals surface area contributed by atoms with Gasteiger partial charge in [0, 0.05) is 13.0 Å². The van der Waals surface area contributed by atoms with Gasteiger partial charge in [-0.15, -0.1) is 0 Å². The zero-order chi connectivity index (χ0) is 13.3. The van der Waals surface area contributed by atoms with E-state index in [9.17, 15) is 9.59 Å². The fraction of sp³-hybridized carbons (Fsp3) is 0.667. The van der Waals surface area contributed by atoms with E-state index in [0.29, 0.717) is 0 Å². The van der Waals surface area contributed by atoms with Gasteiger partial charge in [-0.05, 0) is 19.9 Å². The molecule has 6 heteroatoms. The third-order valence-electron chi connectivity index (χ3n) is 2.70. The standard InChI is InChI=1S/C12H16O6/c1-7(13)16-8-4-5-10(14)17-11(8)9-6-15-12(2,3)18-9/h4-5,8-9,11H,6H2,1-3H3/t8-,9-,11-/m1/s1. The van der Waals surface area contributed by atoms with Gasteiger partial charge in [0.15, 0.2) is 18.0 Å².